The van der Waals surface area contributed by atoms with Gasteiger partial charge in [0.15, 0.2) is 11.5 Å². The van der Waals surface area contributed by atoms with Crippen LogP contribution < -0.4 is 14.8 Å². The maximum absolute atomic E-state index is 12.5. The molecular weight excluding hydrogens is 350 g/mol. The molecule has 4 nitrogen and oxygen atoms in total. The van der Waals surface area contributed by atoms with E-state index in [4.69, 9.17) is 9.47 Å². The van der Waals surface area contributed by atoms with Crippen LogP contribution >= 0.6 is 0 Å². The van der Waals surface area contributed by atoms with Crippen molar-refractivity contribution in [2.24, 2.45) is 0 Å². The topological polar surface area (TPSA) is 47.6 Å². The molecule has 0 saturated carbocycles. The second-order valence-electron chi connectivity index (χ2n) is 6.42. The number of hydrogen-bond acceptors (Lipinski definition) is 3. The summed E-state index contributed by atoms with van der Waals surface area (Å²) in [5.41, 5.74) is 2.12. The van der Waals surface area contributed by atoms with E-state index in [0.717, 1.165) is 11.1 Å². The van der Waals surface area contributed by atoms with E-state index in [1.807, 2.05) is 84.9 Å². The Morgan fingerprint density at radius 3 is 1.93 bits per heavy atom. The Labute approximate surface area is 166 Å². The van der Waals surface area contributed by atoms with Gasteiger partial charge in [-0.25, -0.2) is 0 Å². The number of ether oxygens (including phenoxy) is 2. The molecule has 28 heavy (non-hydrogen) atoms. The molecule has 1 N–H and O–H groups in total. The van der Waals surface area contributed by atoms with Crippen molar-refractivity contribution in [1.29, 1.82) is 0 Å². The minimum Gasteiger partial charge on any atom is -0.493 e. The first-order chi connectivity index (χ1) is 13.8. The molecule has 1 amide bonds. The molecule has 4 heteroatoms. The van der Waals surface area contributed by atoms with Crippen molar-refractivity contribution in [3.05, 3.63) is 96.1 Å². The summed E-state index contributed by atoms with van der Waals surface area (Å²) in [5.74, 6) is 1.39. The molecule has 0 heterocycles. The highest BCUT2D eigenvalue weighted by atomic mass is 16.5. The lowest BCUT2D eigenvalue weighted by molar-refractivity contribution is -0.121. The molecule has 3 rings (SSSR count). The minimum atomic E-state index is -0.162. The molecule has 0 aliphatic heterocycles. The van der Waals surface area contributed by atoms with Crippen LogP contribution in [0.1, 0.15) is 30.0 Å². The Morgan fingerprint density at radius 2 is 1.36 bits per heavy atom. The van der Waals surface area contributed by atoms with Crippen LogP contribution in [-0.2, 0) is 4.79 Å². The lowest BCUT2D eigenvalue weighted by Crippen LogP contribution is -2.29. The van der Waals surface area contributed by atoms with Crippen molar-refractivity contribution in [2.45, 2.75) is 18.9 Å². The summed E-state index contributed by atoms with van der Waals surface area (Å²) in [6.45, 7) is 0.454. The van der Waals surface area contributed by atoms with E-state index in [9.17, 15) is 4.79 Å². The molecule has 0 spiro atoms. The maximum Gasteiger partial charge on any atom is 0.220 e. The van der Waals surface area contributed by atoms with Gasteiger partial charge in [0, 0.05) is 6.42 Å². The summed E-state index contributed by atoms with van der Waals surface area (Å²) >= 11 is 0. The zero-order chi connectivity index (χ0) is 19.6. The predicted molar refractivity (Wildman–Crippen MR) is 111 cm³/mol. The van der Waals surface area contributed by atoms with E-state index in [0.29, 0.717) is 30.9 Å². The first-order valence-corrected chi connectivity index (χ1v) is 9.43. The Kier molecular flexibility index (Phi) is 7.08. The molecule has 0 aliphatic carbocycles. The first kappa shape index (κ1) is 19.5. The predicted octanol–water partition coefficient (Wildman–Crippen LogP) is 4.76. The van der Waals surface area contributed by atoms with E-state index in [1.54, 1.807) is 7.11 Å². The summed E-state index contributed by atoms with van der Waals surface area (Å²) in [6, 6.07) is 27.4. The quantitative estimate of drug-likeness (QED) is 0.549. The third-order valence-corrected chi connectivity index (χ3v) is 4.45. The molecule has 3 aromatic rings. The molecule has 0 radical (unpaired) electrons. The van der Waals surface area contributed by atoms with Crippen LogP contribution in [0.2, 0.25) is 0 Å². The molecule has 0 aliphatic rings. The average molecular weight is 375 g/mol. The molecular formula is C24H25NO3. The van der Waals surface area contributed by atoms with Gasteiger partial charge in [-0.15, -0.1) is 0 Å². The molecule has 144 valence electrons. The van der Waals surface area contributed by atoms with Crippen molar-refractivity contribution >= 4 is 5.91 Å². The van der Waals surface area contributed by atoms with Gasteiger partial charge >= 0.3 is 0 Å². The van der Waals surface area contributed by atoms with E-state index in [-0.39, 0.29) is 11.9 Å². The standard InChI is InChI=1S/C24H25NO3/c1-27-21-15-8-9-16-22(21)28-18-10-17-23(26)25-24(19-11-4-2-5-12-19)20-13-6-3-7-14-20/h2-9,11-16,24H,10,17-18H2,1H3,(H,25,26). The number of nitrogens with one attached hydrogen (secondary N) is 1. The molecule has 0 saturated heterocycles. The fourth-order valence-electron chi connectivity index (χ4n) is 3.04. The Hall–Kier alpha value is -3.27. The molecule has 0 aromatic heterocycles. The normalized spacial score (nSPS) is 10.5. The van der Waals surface area contributed by atoms with Gasteiger partial charge in [-0.05, 0) is 29.7 Å². The number of amides is 1. The fourth-order valence-corrected chi connectivity index (χ4v) is 3.04. The molecule has 0 atom stereocenters. The average Bonchev–Trinajstić information content (AvgIpc) is 2.76. The van der Waals surface area contributed by atoms with E-state index in [1.165, 1.54) is 0 Å². The van der Waals surface area contributed by atoms with Gasteiger partial charge in [-0.1, -0.05) is 72.8 Å². The molecule has 0 fully saturated rings. The van der Waals surface area contributed by atoms with Crippen molar-refractivity contribution in [3.8, 4) is 11.5 Å². The number of carbonyl (C=O) groups excluding carboxylic acids is 1. The third-order valence-electron chi connectivity index (χ3n) is 4.45. The first-order valence-electron chi connectivity index (χ1n) is 9.43. The maximum atomic E-state index is 12.5. The third kappa shape index (κ3) is 5.36. The number of hydrogen-bond donors (Lipinski definition) is 1. The smallest absolute Gasteiger partial charge is 0.220 e. The number of rotatable bonds is 9. The lowest BCUT2D eigenvalue weighted by Gasteiger charge is -2.20. The van der Waals surface area contributed by atoms with Gasteiger partial charge < -0.3 is 14.8 Å². The van der Waals surface area contributed by atoms with Crippen molar-refractivity contribution in [3.63, 3.8) is 0 Å². The fraction of sp³-hybridized carbons (Fsp3) is 0.208. The highest BCUT2D eigenvalue weighted by molar-refractivity contribution is 5.77. The zero-order valence-corrected chi connectivity index (χ0v) is 16.0. The van der Waals surface area contributed by atoms with Gasteiger partial charge in [-0.2, -0.15) is 0 Å². The van der Waals surface area contributed by atoms with Crippen LogP contribution in [0.5, 0.6) is 11.5 Å². The van der Waals surface area contributed by atoms with Gasteiger partial charge in [0.05, 0.1) is 19.8 Å². The summed E-state index contributed by atoms with van der Waals surface area (Å²) in [5, 5.41) is 3.15. The summed E-state index contributed by atoms with van der Waals surface area (Å²) in [7, 11) is 1.61. The van der Waals surface area contributed by atoms with Gasteiger partial charge in [0.1, 0.15) is 0 Å². The van der Waals surface area contributed by atoms with Crippen molar-refractivity contribution in [1.82, 2.24) is 5.32 Å². The SMILES string of the molecule is COc1ccccc1OCCCC(=O)NC(c1ccccc1)c1ccccc1. The largest absolute Gasteiger partial charge is 0.493 e. The Balaban J connectivity index is 1.56. The number of benzene rings is 3. The highest BCUT2D eigenvalue weighted by Crippen LogP contribution is 2.26. The summed E-state index contributed by atoms with van der Waals surface area (Å²) in [6.07, 6.45) is 1.02. The van der Waals surface area contributed by atoms with E-state index < -0.39 is 0 Å². The second-order valence-corrected chi connectivity index (χ2v) is 6.42. The molecule has 3 aromatic carbocycles. The molecule has 0 bridgehead atoms. The number of methoxy groups -OCH3 is 1. The highest BCUT2D eigenvalue weighted by Gasteiger charge is 2.16. The van der Waals surface area contributed by atoms with E-state index in [2.05, 4.69) is 5.32 Å². The van der Waals surface area contributed by atoms with Crippen molar-refractivity contribution in [2.75, 3.05) is 13.7 Å². The number of para-hydroxylation sites is 2. The summed E-state index contributed by atoms with van der Waals surface area (Å²) < 4.78 is 11.0. The van der Waals surface area contributed by atoms with Crippen LogP contribution in [0, 0.1) is 0 Å². The zero-order valence-electron chi connectivity index (χ0n) is 16.0. The monoisotopic (exact) mass is 375 g/mol. The van der Waals surface area contributed by atoms with Crippen LogP contribution in [0.25, 0.3) is 0 Å². The number of carbonyl (C=O) groups is 1. The van der Waals surface area contributed by atoms with Gasteiger partial charge in [0.2, 0.25) is 5.91 Å². The lowest BCUT2D eigenvalue weighted by atomic mass is 9.98. The minimum absolute atomic E-state index is 0.00123. The van der Waals surface area contributed by atoms with Crippen molar-refractivity contribution < 1.29 is 14.3 Å². The van der Waals surface area contributed by atoms with Gasteiger partial charge in [-0.3, -0.25) is 4.79 Å². The van der Waals surface area contributed by atoms with Crippen LogP contribution in [-0.4, -0.2) is 19.6 Å². The van der Waals surface area contributed by atoms with E-state index >= 15 is 0 Å². The summed E-state index contributed by atoms with van der Waals surface area (Å²) in [4.78, 5) is 12.5. The van der Waals surface area contributed by atoms with Gasteiger partial charge in [0.25, 0.3) is 0 Å². The second kappa shape index (κ2) is 10.2. The van der Waals surface area contributed by atoms with Crippen LogP contribution in [0.15, 0.2) is 84.9 Å². The van der Waals surface area contributed by atoms with Crippen LogP contribution in [0.3, 0.4) is 0 Å². The Morgan fingerprint density at radius 1 is 0.821 bits per heavy atom. The van der Waals surface area contributed by atoms with Crippen LogP contribution in [0.4, 0.5) is 0 Å². The Bertz CT molecular complexity index is 826. The molecule has 0 unspecified atom stereocenters.